The molecule has 0 aliphatic heterocycles. The highest BCUT2D eigenvalue weighted by Gasteiger charge is 2.09. The maximum Gasteiger partial charge on any atom is 0.330 e. The third-order valence-corrected chi connectivity index (χ3v) is 5.95. The zero-order chi connectivity index (χ0) is 22.1. The van der Waals surface area contributed by atoms with Gasteiger partial charge in [-0.2, -0.15) is 0 Å². The summed E-state index contributed by atoms with van der Waals surface area (Å²) >= 11 is 5.25. The number of benzene rings is 3. The Kier molecular flexibility index (Phi) is 8.62. The number of methoxy groups -OCH3 is 1. The van der Waals surface area contributed by atoms with Crippen molar-refractivity contribution in [1.82, 2.24) is 0 Å². The van der Waals surface area contributed by atoms with E-state index in [1.165, 1.54) is 11.6 Å². The summed E-state index contributed by atoms with van der Waals surface area (Å²) in [6.07, 6.45) is 3.23. The molecule has 0 radical (unpaired) electrons. The number of anilines is 2. The number of rotatable bonds is 9. The molecule has 0 bridgehead atoms. The van der Waals surface area contributed by atoms with Crippen LogP contribution in [0.4, 0.5) is 11.4 Å². The molecule has 0 saturated carbocycles. The molecule has 0 aliphatic rings. The monoisotopic (exact) mass is 497 g/mol. The first-order chi connectivity index (χ1) is 15.1. The quantitative estimate of drug-likeness (QED) is 0.194. The maximum atomic E-state index is 11.9. The summed E-state index contributed by atoms with van der Waals surface area (Å²) in [4.78, 5) is 13.0. The van der Waals surface area contributed by atoms with E-state index < -0.39 is 0 Å². The number of nitrogens with one attached hydrogen (secondary N) is 1. The van der Waals surface area contributed by atoms with Gasteiger partial charge in [0.1, 0.15) is 5.75 Å². The van der Waals surface area contributed by atoms with Crippen LogP contribution in [-0.2, 0) is 15.3 Å². The lowest BCUT2D eigenvalue weighted by atomic mass is 10.1. The summed E-state index contributed by atoms with van der Waals surface area (Å²) in [6.45, 7) is 2.13. The van der Waals surface area contributed by atoms with E-state index in [1.807, 2.05) is 42.5 Å². The average Bonchev–Trinajstić information content (AvgIpc) is 2.78. The molecule has 6 heteroatoms. The number of hydrogen-bond donors (Lipinski definition) is 1. The van der Waals surface area contributed by atoms with Crippen molar-refractivity contribution in [3.05, 3.63) is 88.4 Å². The van der Waals surface area contributed by atoms with Gasteiger partial charge in [0.25, 0.3) is 0 Å². The number of esters is 1. The van der Waals surface area contributed by atoms with E-state index in [1.54, 1.807) is 31.9 Å². The number of carbonyl (C=O) groups excluding carboxylic acids is 1. The van der Waals surface area contributed by atoms with Crippen LogP contribution in [0.15, 0.2) is 82.2 Å². The van der Waals surface area contributed by atoms with E-state index in [9.17, 15) is 4.79 Å². The summed E-state index contributed by atoms with van der Waals surface area (Å²) < 4.78 is 11.4. The molecule has 4 nitrogen and oxygen atoms in total. The smallest absolute Gasteiger partial charge is 0.330 e. The average molecular weight is 498 g/mol. The number of hydrogen-bond acceptors (Lipinski definition) is 5. The van der Waals surface area contributed by atoms with Gasteiger partial charge in [0.2, 0.25) is 0 Å². The zero-order valence-electron chi connectivity index (χ0n) is 17.4. The van der Waals surface area contributed by atoms with Crippen molar-refractivity contribution in [3.8, 4) is 5.75 Å². The molecule has 0 atom stereocenters. The van der Waals surface area contributed by atoms with Gasteiger partial charge in [-0.15, -0.1) is 11.8 Å². The van der Waals surface area contributed by atoms with Crippen LogP contribution in [-0.4, -0.2) is 19.7 Å². The normalized spacial score (nSPS) is 10.8. The standard InChI is InChI=1S/C25H24BrNO3S/c1-3-30-25(28)14-9-19-15-21(31-17-18-7-5-4-6-8-18)11-12-22(19)27-23-16-20(26)10-13-24(23)29-2/h4-16,27H,3,17H2,1-2H3. The lowest BCUT2D eigenvalue weighted by Gasteiger charge is -2.15. The Bertz CT molecular complexity index is 1050. The van der Waals surface area contributed by atoms with Gasteiger partial charge in [-0.1, -0.05) is 46.3 Å². The second-order valence-electron chi connectivity index (χ2n) is 6.58. The first kappa shape index (κ1) is 23.0. The predicted molar refractivity (Wildman–Crippen MR) is 132 cm³/mol. The van der Waals surface area contributed by atoms with Gasteiger partial charge in [-0.3, -0.25) is 0 Å². The molecule has 0 aliphatic carbocycles. The molecule has 0 spiro atoms. The van der Waals surface area contributed by atoms with Gasteiger partial charge in [-0.25, -0.2) is 4.79 Å². The molecule has 3 rings (SSSR count). The van der Waals surface area contributed by atoms with Crippen molar-refractivity contribution in [1.29, 1.82) is 0 Å². The van der Waals surface area contributed by atoms with Gasteiger partial charge >= 0.3 is 5.97 Å². The molecular formula is C25H24BrNO3S. The molecule has 160 valence electrons. The van der Waals surface area contributed by atoms with Crippen molar-refractivity contribution in [2.24, 2.45) is 0 Å². The summed E-state index contributed by atoms with van der Waals surface area (Å²) in [5, 5.41) is 3.42. The van der Waals surface area contributed by atoms with Crippen LogP contribution in [0.3, 0.4) is 0 Å². The fourth-order valence-electron chi connectivity index (χ4n) is 2.89. The highest BCUT2D eigenvalue weighted by Crippen LogP contribution is 2.34. The SMILES string of the molecule is CCOC(=O)C=Cc1cc(SCc2ccccc2)ccc1Nc1cc(Br)ccc1OC. The largest absolute Gasteiger partial charge is 0.495 e. The highest BCUT2D eigenvalue weighted by molar-refractivity contribution is 9.10. The summed E-state index contributed by atoms with van der Waals surface area (Å²) in [6, 6.07) is 22.3. The van der Waals surface area contributed by atoms with Crippen LogP contribution in [0.25, 0.3) is 6.08 Å². The Hall–Kier alpha value is -2.70. The second-order valence-corrected chi connectivity index (χ2v) is 8.54. The predicted octanol–water partition coefficient (Wildman–Crippen LogP) is 7.07. The molecule has 0 aromatic heterocycles. The number of carbonyl (C=O) groups is 1. The second kappa shape index (κ2) is 11.6. The molecular weight excluding hydrogens is 474 g/mol. The summed E-state index contributed by atoms with van der Waals surface area (Å²) in [5.74, 6) is 1.23. The Balaban J connectivity index is 1.88. The third kappa shape index (κ3) is 6.91. The van der Waals surface area contributed by atoms with Crippen LogP contribution >= 0.6 is 27.7 Å². The first-order valence-electron chi connectivity index (χ1n) is 9.85. The fourth-order valence-corrected chi connectivity index (χ4v) is 4.16. The Morgan fingerprint density at radius 1 is 1.06 bits per heavy atom. The van der Waals surface area contributed by atoms with Crippen LogP contribution in [0, 0.1) is 0 Å². The van der Waals surface area contributed by atoms with Crippen LogP contribution in [0.1, 0.15) is 18.1 Å². The molecule has 0 fully saturated rings. The number of halogens is 1. The number of thioether (sulfide) groups is 1. The number of ether oxygens (including phenoxy) is 2. The van der Waals surface area contributed by atoms with E-state index in [2.05, 4.69) is 45.5 Å². The molecule has 0 saturated heterocycles. The van der Waals surface area contributed by atoms with Crippen molar-refractivity contribution in [2.45, 2.75) is 17.6 Å². The third-order valence-electron chi connectivity index (χ3n) is 4.39. The van der Waals surface area contributed by atoms with Gasteiger partial charge in [0.05, 0.1) is 19.4 Å². The lowest BCUT2D eigenvalue weighted by molar-refractivity contribution is -0.137. The molecule has 31 heavy (non-hydrogen) atoms. The fraction of sp³-hybridized carbons (Fsp3) is 0.160. The Morgan fingerprint density at radius 3 is 2.61 bits per heavy atom. The molecule has 3 aromatic rings. The zero-order valence-corrected chi connectivity index (χ0v) is 19.8. The molecule has 0 heterocycles. The van der Waals surface area contributed by atoms with E-state index in [0.717, 1.165) is 37.8 Å². The highest BCUT2D eigenvalue weighted by atomic mass is 79.9. The topological polar surface area (TPSA) is 47.6 Å². The molecule has 3 aromatic carbocycles. The Labute approximate surface area is 195 Å². The lowest BCUT2D eigenvalue weighted by Crippen LogP contribution is -2.00. The molecule has 0 unspecified atom stereocenters. The van der Waals surface area contributed by atoms with Gasteiger partial charge in [0.15, 0.2) is 0 Å². The van der Waals surface area contributed by atoms with Gasteiger partial charge in [-0.05, 0) is 60.5 Å². The van der Waals surface area contributed by atoms with E-state index >= 15 is 0 Å². The van der Waals surface area contributed by atoms with Crippen LogP contribution < -0.4 is 10.1 Å². The van der Waals surface area contributed by atoms with Crippen molar-refractivity contribution < 1.29 is 14.3 Å². The maximum absolute atomic E-state index is 11.9. The minimum Gasteiger partial charge on any atom is -0.495 e. The van der Waals surface area contributed by atoms with Crippen LogP contribution in [0.5, 0.6) is 5.75 Å². The van der Waals surface area contributed by atoms with Crippen molar-refractivity contribution >= 4 is 51.1 Å². The Morgan fingerprint density at radius 2 is 1.87 bits per heavy atom. The summed E-state index contributed by atoms with van der Waals surface area (Å²) in [5.41, 5.74) is 3.83. The summed E-state index contributed by atoms with van der Waals surface area (Å²) in [7, 11) is 1.64. The van der Waals surface area contributed by atoms with Crippen molar-refractivity contribution in [3.63, 3.8) is 0 Å². The van der Waals surface area contributed by atoms with Gasteiger partial charge in [0, 0.05) is 26.9 Å². The minimum atomic E-state index is -0.365. The van der Waals surface area contributed by atoms with E-state index in [0.29, 0.717) is 6.61 Å². The van der Waals surface area contributed by atoms with Crippen LogP contribution in [0.2, 0.25) is 0 Å². The van der Waals surface area contributed by atoms with Gasteiger partial charge < -0.3 is 14.8 Å². The van der Waals surface area contributed by atoms with E-state index in [4.69, 9.17) is 9.47 Å². The van der Waals surface area contributed by atoms with E-state index in [-0.39, 0.29) is 5.97 Å². The van der Waals surface area contributed by atoms with Crippen molar-refractivity contribution in [2.75, 3.05) is 19.0 Å². The molecule has 0 amide bonds. The molecule has 1 N–H and O–H groups in total. The minimum absolute atomic E-state index is 0.344. The first-order valence-corrected chi connectivity index (χ1v) is 11.6.